The molecule has 1 nitrogen and oxygen atoms in total. The Hall–Kier alpha value is -0.300. The van der Waals surface area contributed by atoms with Crippen LogP contribution < -0.4 is 0 Å². The van der Waals surface area contributed by atoms with Crippen LogP contribution >= 0.6 is 0 Å². The molecule has 0 radical (unpaired) electrons. The van der Waals surface area contributed by atoms with Gasteiger partial charge in [-0.15, -0.1) is 6.58 Å². The van der Waals surface area contributed by atoms with E-state index in [1.807, 2.05) is 6.08 Å². The van der Waals surface area contributed by atoms with Gasteiger partial charge in [-0.2, -0.15) is 0 Å². The quantitative estimate of drug-likeness (QED) is 0.347. The van der Waals surface area contributed by atoms with Gasteiger partial charge in [0.25, 0.3) is 0 Å². The molecule has 1 aliphatic heterocycles. The van der Waals surface area contributed by atoms with E-state index in [1.165, 1.54) is 13.1 Å². The van der Waals surface area contributed by atoms with Gasteiger partial charge in [-0.3, -0.25) is 4.90 Å². The zero-order valence-electron chi connectivity index (χ0n) is 3.85. The fraction of sp³-hybridized carbons (Fsp3) is 0.600. The lowest BCUT2D eigenvalue weighted by molar-refractivity contribution is 0.630. The van der Waals surface area contributed by atoms with Crippen molar-refractivity contribution in [3.05, 3.63) is 12.7 Å². The molecule has 0 N–H and O–H groups in total. The van der Waals surface area contributed by atoms with Gasteiger partial charge >= 0.3 is 0 Å². The van der Waals surface area contributed by atoms with Crippen LogP contribution in [0, 0.1) is 0 Å². The van der Waals surface area contributed by atoms with Crippen LogP contribution in [-0.4, -0.2) is 24.5 Å². The maximum absolute atomic E-state index is 3.60. The fourth-order valence-electron chi connectivity index (χ4n) is 0.436. The van der Waals surface area contributed by atoms with Crippen molar-refractivity contribution in [2.45, 2.75) is 0 Å². The molecule has 0 unspecified atom stereocenters. The SMILES string of the molecule is C=CCN1CC1. The van der Waals surface area contributed by atoms with Crippen molar-refractivity contribution < 1.29 is 0 Å². The summed E-state index contributed by atoms with van der Waals surface area (Å²) in [6, 6.07) is 0. The predicted molar refractivity (Wildman–Crippen MR) is 26.6 cm³/mol. The number of hydrogen-bond acceptors (Lipinski definition) is 1. The molecular formula is C5H9N. The van der Waals surface area contributed by atoms with Crippen molar-refractivity contribution in [1.29, 1.82) is 0 Å². The molecule has 0 saturated carbocycles. The average molecular weight is 83.1 g/mol. The minimum absolute atomic E-state index is 1.08. The summed E-state index contributed by atoms with van der Waals surface area (Å²) in [5.41, 5.74) is 0. The third kappa shape index (κ3) is 0.830. The lowest BCUT2D eigenvalue weighted by Gasteiger charge is -1.84. The normalized spacial score (nSPS) is 20.7. The Morgan fingerprint density at radius 2 is 2.33 bits per heavy atom. The molecule has 0 aromatic carbocycles. The third-order valence-electron chi connectivity index (χ3n) is 0.927. The molecule has 6 heavy (non-hydrogen) atoms. The van der Waals surface area contributed by atoms with E-state index in [1.54, 1.807) is 0 Å². The molecule has 0 aliphatic carbocycles. The molecule has 1 saturated heterocycles. The van der Waals surface area contributed by atoms with Crippen molar-refractivity contribution >= 4 is 0 Å². The molecule has 0 bridgehead atoms. The van der Waals surface area contributed by atoms with Gasteiger partial charge in [0.15, 0.2) is 0 Å². The molecule has 0 aromatic heterocycles. The van der Waals surface area contributed by atoms with Gasteiger partial charge in [0.1, 0.15) is 0 Å². The largest absolute Gasteiger partial charge is 0.297 e. The maximum atomic E-state index is 3.60. The van der Waals surface area contributed by atoms with Crippen LogP contribution in [0.15, 0.2) is 12.7 Å². The van der Waals surface area contributed by atoms with Crippen molar-refractivity contribution in [2.24, 2.45) is 0 Å². The molecule has 0 amide bonds. The van der Waals surface area contributed by atoms with Crippen LogP contribution in [0.25, 0.3) is 0 Å². The smallest absolute Gasteiger partial charge is 0.0161 e. The molecule has 0 spiro atoms. The second-order valence-electron chi connectivity index (χ2n) is 1.59. The van der Waals surface area contributed by atoms with Crippen LogP contribution in [0.5, 0.6) is 0 Å². The zero-order chi connectivity index (χ0) is 4.41. The highest BCUT2D eigenvalue weighted by molar-refractivity contribution is 4.81. The van der Waals surface area contributed by atoms with E-state index in [0.717, 1.165) is 6.54 Å². The second kappa shape index (κ2) is 1.43. The number of rotatable bonds is 2. The first-order chi connectivity index (χ1) is 2.93. The predicted octanol–water partition coefficient (Wildman–Crippen LogP) is 0.488. The van der Waals surface area contributed by atoms with Gasteiger partial charge in [-0.1, -0.05) is 6.08 Å². The van der Waals surface area contributed by atoms with Gasteiger partial charge in [-0.05, 0) is 0 Å². The molecule has 1 aliphatic rings. The highest BCUT2D eigenvalue weighted by Crippen LogP contribution is 2.00. The molecule has 1 heterocycles. The van der Waals surface area contributed by atoms with Crippen LogP contribution in [0.3, 0.4) is 0 Å². The molecule has 0 atom stereocenters. The Labute approximate surface area is 38.3 Å². The maximum Gasteiger partial charge on any atom is 0.0161 e. The summed E-state index contributed by atoms with van der Waals surface area (Å²) >= 11 is 0. The lowest BCUT2D eigenvalue weighted by Crippen LogP contribution is -1.91. The summed E-state index contributed by atoms with van der Waals surface area (Å²) < 4.78 is 0. The Kier molecular flexibility index (Phi) is 0.926. The molecule has 0 aromatic rings. The Morgan fingerprint density at radius 3 is 2.50 bits per heavy atom. The summed E-state index contributed by atoms with van der Waals surface area (Å²) in [5, 5.41) is 0. The second-order valence-corrected chi connectivity index (χ2v) is 1.59. The number of nitrogens with zero attached hydrogens (tertiary/aromatic N) is 1. The minimum atomic E-state index is 1.08. The first-order valence-electron chi connectivity index (χ1n) is 2.27. The highest BCUT2D eigenvalue weighted by Gasteiger charge is 2.13. The minimum Gasteiger partial charge on any atom is -0.297 e. The Balaban J connectivity index is 2.00. The highest BCUT2D eigenvalue weighted by atomic mass is 15.2. The van der Waals surface area contributed by atoms with Gasteiger partial charge in [0, 0.05) is 19.6 Å². The fourth-order valence-corrected chi connectivity index (χ4v) is 0.436. The van der Waals surface area contributed by atoms with E-state index in [2.05, 4.69) is 11.5 Å². The van der Waals surface area contributed by atoms with E-state index >= 15 is 0 Å². The summed E-state index contributed by atoms with van der Waals surface area (Å²) in [7, 11) is 0. The summed E-state index contributed by atoms with van der Waals surface area (Å²) in [6.07, 6.45) is 1.94. The van der Waals surface area contributed by atoms with Crippen LogP contribution in [0.4, 0.5) is 0 Å². The monoisotopic (exact) mass is 83.1 g/mol. The zero-order valence-corrected chi connectivity index (χ0v) is 3.85. The van der Waals surface area contributed by atoms with E-state index in [9.17, 15) is 0 Å². The Bertz CT molecular complexity index is 55.0. The molecule has 1 rings (SSSR count). The molecule has 34 valence electrons. The van der Waals surface area contributed by atoms with E-state index in [0.29, 0.717) is 0 Å². The van der Waals surface area contributed by atoms with E-state index in [4.69, 9.17) is 0 Å². The van der Waals surface area contributed by atoms with Gasteiger partial charge in [0.2, 0.25) is 0 Å². The first-order valence-corrected chi connectivity index (χ1v) is 2.27. The van der Waals surface area contributed by atoms with Crippen molar-refractivity contribution in [3.63, 3.8) is 0 Å². The summed E-state index contributed by atoms with van der Waals surface area (Å²) in [6.45, 7) is 7.25. The average Bonchev–Trinajstić information content (AvgIpc) is 2.21. The van der Waals surface area contributed by atoms with Crippen LogP contribution in [0.2, 0.25) is 0 Å². The van der Waals surface area contributed by atoms with Crippen molar-refractivity contribution in [1.82, 2.24) is 4.90 Å². The molecular weight excluding hydrogens is 74.1 g/mol. The standard InChI is InChI=1S/C5H9N/c1-2-3-6-4-5-6/h2H,1,3-5H2. The molecule has 1 fully saturated rings. The van der Waals surface area contributed by atoms with Crippen molar-refractivity contribution in [3.8, 4) is 0 Å². The lowest BCUT2D eigenvalue weighted by atomic mass is 10.6. The van der Waals surface area contributed by atoms with E-state index in [-0.39, 0.29) is 0 Å². The summed E-state index contributed by atoms with van der Waals surface area (Å²) in [5.74, 6) is 0. The third-order valence-corrected chi connectivity index (χ3v) is 0.927. The van der Waals surface area contributed by atoms with Gasteiger partial charge in [-0.25, -0.2) is 0 Å². The Morgan fingerprint density at radius 1 is 1.67 bits per heavy atom. The van der Waals surface area contributed by atoms with Gasteiger partial charge < -0.3 is 0 Å². The topological polar surface area (TPSA) is 3.01 Å². The van der Waals surface area contributed by atoms with E-state index < -0.39 is 0 Å². The number of hydrogen-bond donors (Lipinski definition) is 0. The first kappa shape index (κ1) is 3.88. The van der Waals surface area contributed by atoms with Gasteiger partial charge in [0.05, 0.1) is 0 Å². The van der Waals surface area contributed by atoms with Crippen LogP contribution in [-0.2, 0) is 0 Å². The summed E-state index contributed by atoms with van der Waals surface area (Å²) in [4.78, 5) is 2.31. The molecule has 1 heteroatoms. The van der Waals surface area contributed by atoms with Crippen molar-refractivity contribution in [2.75, 3.05) is 19.6 Å². The van der Waals surface area contributed by atoms with Crippen LogP contribution in [0.1, 0.15) is 0 Å².